The summed E-state index contributed by atoms with van der Waals surface area (Å²) in [7, 11) is 0. The second-order valence-electron chi connectivity index (χ2n) is 5.60. The van der Waals surface area contributed by atoms with Gasteiger partial charge in [0.25, 0.3) is 5.91 Å². The molecule has 0 aliphatic carbocycles. The van der Waals surface area contributed by atoms with E-state index in [0.717, 1.165) is 22.3 Å². The van der Waals surface area contributed by atoms with Crippen LogP contribution in [0, 0.1) is 0 Å². The Morgan fingerprint density at radius 2 is 2.09 bits per heavy atom. The Kier molecular flexibility index (Phi) is 2.90. The third-order valence-electron chi connectivity index (χ3n) is 4.11. The van der Waals surface area contributed by atoms with Crippen LogP contribution in [0.15, 0.2) is 42.7 Å². The normalized spacial score (nSPS) is 16.2. The van der Waals surface area contributed by atoms with E-state index in [4.69, 9.17) is 0 Å². The number of carbonyl (C=O) groups is 2. The molecule has 2 aromatic carbocycles. The Labute approximate surface area is 131 Å². The molecular formula is C17H14N4O2. The fourth-order valence-electron chi connectivity index (χ4n) is 2.77. The lowest BCUT2D eigenvalue weighted by Gasteiger charge is -2.08. The number of nitrogens with one attached hydrogen (secondary N) is 3. The number of hydrogen-bond acceptors (Lipinski definition) is 3. The monoisotopic (exact) mass is 306 g/mol. The van der Waals surface area contributed by atoms with E-state index in [-0.39, 0.29) is 17.7 Å². The van der Waals surface area contributed by atoms with Crippen molar-refractivity contribution in [2.45, 2.75) is 12.8 Å². The average molecular weight is 306 g/mol. The van der Waals surface area contributed by atoms with Gasteiger partial charge in [-0.3, -0.25) is 9.59 Å². The summed E-state index contributed by atoms with van der Waals surface area (Å²) in [6.07, 6.45) is 1.60. The number of anilines is 2. The van der Waals surface area contributed by atoms with Crippen molar-refractivity contribution in [3.05, 3.63) is 53.9 Å². The van der Waals surface area contributed by atoms with Gasteiger partial charge in [0.2, 0.25) is 5.91 Å². The number of hydrogen-bond donors (Lipinski definition) is 3. The van der Waals surface area contributed by atoms with Gasteiger partial charge in [-0.15, -0.1) is 0 Å². The minimum absolute atomic E-state index is 0.0202. The molecule has 2 heterocycles. The first-order chi connectivity index (χ1) is 11.1. The average Bonchev–Trinajstić information content (AvgIpc) is 3.12. The molecule has 1 atom stereocenters. The molecular weight excluding hydrogens is 292 g/mol. The van der Waals surface area contributed by atoms with E-state index in [9.17, 15) is 9.59 Å². The molecule has 4 rings (SSSR count). The van der Waals surface area contributed by atoms with Crippen LogP contribution in [0.25, 0.3) is 11.0 Å². The van der Waals surface area contributed by atoms with Gasteiger partial charge in [-0.1, -0.05) is 0 Å². The number of imidazole rings is 1. The molecule has 1 aromatic heterocycles. The maximum atomic E-state index is 12.4. The lowest BCUT2D eigenvalue weighted by molar-refractivity contribution is -0.116. The quantitative estimate of drug-likeness (QED) is 0.680. The minimum Gasteiger partial charge on any atom is -0.345 e. The molecule has 0 spiro atoms. The third-order valence-corrected chi connectivity index (χ3v) is 4.11. The summed E-state index contributed by atoms with van der Waals surface area (Å²) in [6, 6.07) is 10.7. The number of amides is 2. The zero-order chi connectivity index (χ0) is 16.0. The Balaban J connectivity index is 1.60. The maximum absolute atomic E-state index is 12.4. The van der Waals surface area contributed by atoms with E-state index < -0.39 is 0 Å². The molecule has 1 unspecified atom stereocenters. The topological polar surface area (TPSA) is 86.9 Å². The van der Waals surface area contributed by atoms with E-state index in [1.54, 1.807) is 30.6 Å². The zero-order valence-corrected chi connectivity index (χ0v) is 12.4. The number of rotatable bonds is 2. The number of fused-ring (bicyclic) bond motifs is 2. The van der Waals surface area contributed by atoms with Gasteiger partial charge in [0, 0.05) is 16.9 Å². The SMILES string of the molecule is CC1C(=O)Nc2ccc(NC(=O)c3ccc4nc[nH]c4c3)cc21. The molecule has 6 heteroatoms. The molecule has 3 aromatic rings. The lowest BCUT2D eigenvalue weighted by atomic mass is 10.0. The van der Waals surface area contributed by atoms with Crippen LogP contribution in [0.2, 0.25) is 0 Å². The first kappa shape index (κ1) is 13.5. The summed E-state index contributed by atoms with van der Waals surface area (Å²) in [5.41, 5.74) is 4.55. The van der Waals surface area contributed by atoms with Gasteiger partial charge < -0.3 is 15.6 Å². The highest BCUT2D eigenvalue weighted by molar-refractivity contribution is 6.07. The van der Waals surface area contributed by atoms with Gasteiger partial charge >= 0.3 is 0 Å². The summed E-state index contributed by atoms with van der Waals surface area (Å²) in [6.45, 7) is 1.85. The van der Waals surface area contributed by atoms with Crippen LogP contribution in [0.5, 0.6) is 0 Å². The molecule has 1 aliphatic rings. The third kappa shape index (κ3) is 2.24. The number of carbonyl (C=O) groups excluding carboxylic acids is 2. The highest BCUT2D eigenvalue weighted by Crippen LogP contribution is 2.34. The molecule has 0 saturated heterocycles. The highest BCUT2D eigenvalue weighted by Gasteiger charge is 2.26. The Hall–Kier alpha value is -3.15. The number of H-pyrrole nitrogens is 1. The zero-order valence-electron chi connectivity index (χ0n) is 12.4. The number of aromatic nitrogens is 2. The second kappa shape index (κ2) is 4.95. The van der Waals surface area contributed by atoms with Crippen molar-refractivity contribution >= 4 is 34.2 Å². The van der Waals surface area contributed by atoms with E-state index in [2.05, 4.69) is 20.6 Å². The lowest BCUT2D eigenvalue weighted by Crippen LogP contribution is -2.12. The Bertz CT molecular complexity index is 945. The summed E-state index contributed by atoms with van der Waals surface area (Å²) >= 11 is 0. The number of benzene rings is 2. The largest absolute Gasteiger partial charge is 0.345 e. The van der Waals surface area contributed by atoms with E-state index in [0.29, 0.717) is 11.3 Å². The molecule has 0 saturated carbocycles. The predicted molar refractivity (Wildman–Crippen MR) is 87.5 cm³/mol. The van der Waals surface area contributed by atoms with Crippen LogP contribution in [-0.2, 0) is 4.79 Å². The van der Waals surface area contributed by atoms with Gasteiger partial charge in [-0.2, -0.15) is 0 Å². The number of aromatic amines is 1. The molecule has 114 valence electrons. The van der Waals surface area contributed by atoms with Crippen LogP contribution in [0.1, 0.15) is 28.8 Å². The summed E-state index contributed by atoms with van der Waals surface area (Å²) in [5, 5.41) is 5.68. The fraction of sp³-hybridized carbons (Fsp3) is 0.118. The van der Waals surface area contributed by atoms with Crippen molar-refractivity contribution < 1.29 is 9.59 Å². The van der Waals surface area contributed by atoms with Gasteiger partial charge in [0.05, 0.1) is 23.3 Å². The van der Waals surface area contributed by atoms with Crippen LogP contribution >= 0.6 is 0 Å². The summed E-state index contributed by atoms with van der Waals surface area (Å²) < 4.78 is 0. The first-order valence-corrected chi connectivity index (χ1v) is 7.31. The minimum atomic E-state index is -0.205. The van der Waals surface area contributed by atoms with Gasteiger partial charge in [-0.05, 0) is 48.9 Å². The molecule has 0 fully saturated rings. The van der Waals surface area contributed by atoms with Crippen molar-refractivity contribution in [3.63, 3.8) is 0 Å². The summed E-state index contributed by atoms with van der Waals surface area (Å²) in [5.74, 6) is -0.428. The second-order valence-corrected chi connectivity index (χ2v) is 5.60. The van der Waals surface area contributed by atoms with Crippen molar-refractivity contribution in [1.82, 2.24) is 9.97 Å². The van der Waals surface area contributed by atoms with Crippen LogP contribution < -0.4 is 10.6 Å². The first-order valence-electron chi connectivity index (χ1n) is 7.31. The molecule has 3 N–H and O–H groups in total. The van der Waals surface area contributed by atoms with E-state index in [1.807, 2.05) is 19.1 Å². The Morgan fingerprint density at radius 3 is 2.96 bits per heavy atom. The molecule has 23 heavy (non-hydrogen) atoms. The van der Waals surface area contributed by atoms with E-state index in [1.165, 1.54) is 0 Å². The van der Waals surface area contributed by atoms with Crippen LogP contribution in [0.4, 0.5) is 11.4 Å². The molecule has 0 bridgehead atoms. The molecule has 2 amide bonds. The van der Waals surface area contributed by atoms with Crippen LogP contribution in [-0.4, -0.2) is 21.8 Å². The Morgan fingerprint density at radius 1 is 1.22 bits per heavy atom. The maximum Gasteiger partial charge on any atom is 0.255 e. The van der Waals surface area contributed by atoms with Crippen molar-refractivity contribution in [3.8, 4) is 0 Å². The van der Waals surface area contributed by atoms with Crippen molar-refractivity contribution in [1.29, 1.82) is 0 Å². The fourth-order valence-corrected chi connectivity index (χ4v) is 2.77. The van der Waals surface area contributed by atoms with E-state index >= 15 is 0 Å². The predicted octanol–water partition coefficient (Wildman–Crippen LogP) is 2.87. The smallest absolute Gasteiger partial charge is 0.255 e. The van der Waals surface area contributed by atoms with Gasteiger partial charge in [-0.25, -0.2) is 4.98 Å². The van der Waals surface area contributed by atoms with Crippen molar-refractivity contribution in [2.24, 2.45) is 0 Å². The summed E-state index contributed by atoms with van der Waals surface area (Å²) in [4.78, 5) is 31.2. The van der Waals surface area contributed by atoms with Crippen molar-refractivity contribution in [2.75, 3.05) is 10.6 Å². The standard InChI is InChI=1S/C17H14N4O2/c1-9-12-7-11(3-5-13(12)21-16(9)22)20-17(23)10-2-4-14-15(6-10)19-8-18-14/h2-9H,1H3,(H,18,19)(H,20,23)(H,21,22). The number of nitrogens with zero attached hydrogens (tertiary/aromatic N) is 1. The van der Waals surface area contributed by atoms with Gasteiger partial charge in [0.15, 0.2) is 0 Å². The highest BCUT2D eigenvalue weighted by atomic mass is 16.2. The molecule has 0 radical (unpaired) electrons. The van der Waals surface area contributed by atoms with Gasteiger partial charge in [0.1, 0.15) is 0 Å². The van der Waals surface area contributed by atoms with Crippen LogP contribution in [0.3, 0.4) is 0 Å². The molecule has 6 nitrogen and oxygen atoms in total. The molecule has 1 aliphatic heterocycles.